The number of benzene rings is 1. The van der Waals surface area contributed by atoms with E-state index in [2.05, 4.69) is 5.32 Å². The Morgan fingerprint density at radius 2 is 2.27 bits per heavy atom. The number of carbonyl (C=O) groups excluding carboxylic acids is 1. The number of hydrogen-bond donors (Lipinski definition) is 3. The molecule has 0 aromatic heterocycles. The van der Waals surface area contributed by atoms with Gasteiger partial charge in [-0.25, -0.2) is 4.39 Å². The lowest BCUT2D eigenvalue weighted by Crippen LogP contribution is -2.21. The minimum Gasteiger partial charge on any atom is -0.505 e. The predicted molar refractivity (Wildman–Crippen MR) is 53.6 cm³/mol. The van der Waals surface area contributed by atoms with Crippen LogP contribution in [0.4, 0.5) is 4.39 Å². The fourth-order valence-corrected chi connectivity index (χ4v) is 1.10. The van der Waals surface area contributed by atoms with Crippen LogP contribution < -0.4 is 11.1 Å². The van der Waals surface area contributed by atoms with Gasteiger partial charge in [-0.05, 0) is 17.7 Å². The minimum absolute atomic E-state index is 0.251. The van der Waals surface area contributed by atoms with E-state index < -0.39 is 5.82 Å². The number of amides is 1. The Kier molecular flexibility index (Phi) is 4.05. The van der Waals surface area contributed by atoms with Crippen LogP contribution in [0.1, 0.15) is 12.0 Å². The summed E-state index contributed by atoms with van der Waals surface area (Å²) in [6, 6.07) is 4.14. The Labute approximate surface area is 86.9 Å². The van der Waals surface area contributed by atoms with Gasteiger partial charge in [-0.15, -0.1) is 0 Å². The fourth-order valence-electron chi connectivity index (χ4n) is 1.10. The zero-order valence-corrected chi connectivity index (χ0v) is 8.16. The second-order valence-corrected chi connectivity index (χ2v) is 3.18. The fraction of sp³-hybridized carbons (Fsp3) is 0.300. The summed E-state index contributed by atoms with van der Waals surface area (Å²) >= 11 is 0. The van der Waals surface area contributed by atoms with Crippen LogP contribution in [0.5, 0.6) is 5.75 Å². The van der Waals surface area contributed by atoms with Crippen LogP contribution in [0.15, 0.2) is 18.2 Å². The monoisotopic (exact) mass is 212 g/mol. The molecule has 5 heteroatoms. The molecule has 1 amide bonds. The van der Waals surface area contributed by atoms with Gasteiger partial charge in [0.15, 0.2) is 11.6 Å². The van der Waals surface area contributed by atoms with E-state index in [1.165, 1.54) is 12.1 Å². The lowest BCUT2D eigenvalue weighted by molar-refractivity contribution is -0.117. The number of nitrogens with two attached hydrogens (primary N) is 1. The van der Waals surface area contributed by atoms with Crippen LogP contribution in [0.3, 0.4) is 0 Å². The largest absolute Gasteiger partial charge is 0.505 e. The van der Waals surface area contributed by atoms with Gasteiger partial charge in [0.1, 0.15) is 0 Å². The second-order valence-electron chi connectivity index (χ2n) is 3.18. The van der Waals surface area contributed by atoms with E-state index in [1.807, 2.05) is 0 Å². The summed E-state index contributed by atoms with van der Waals surface area (Å²) < 4.78 is 12.9. The minimum atomic E-state index is -0.649. The molecule has 0 aliphatic rings. The first-order chi connectivity index (χ1) is 7.09. The molecule has 4 nitrogen and oxygen atoms in total. The van der Waals surface area contributed by atoms with Crippen LogP contribution in [-0.4, -0.2) is 17.6 Å². The highest BCUT2D eigenvalue weighted by Crippen LogP contribution is 2.15. The van der Waals surface area contributed by atoms with Gasteiger partial charge in [0.25, 0.3) is 0 Å². The first-order valence-corrected chi connectivity index (χ1v) is 4.56. The van der Waals surface area contributed by atoms with E-state index in [4.69, 9.17) is 10.8 Å². The first kappa shape index (κ1) is 11.5. The van der Waals surface area contributed by atoms with Crippen molar-refractivity contribution >= 4 is 5.91 Å². The molecule has 0 saturated heterocycles. The molecule has 0 heterocycles. The molecule has 0 unspecified atom stereocenters. The normalized spacial score (nSPS) is 10.2. The number of hydrogen-bond acceptors (Lipinski definition) is 3. The van der Waals surface area contributed by atoms with Crippen molar-refractivity contribution in [2.24, 2.45) is 5.73 Å². The molecule has 0 aliphatic heterocycles. The van der Waals surface area contributed by atoms with Gasteiger partial charge in [0.2, 0.25) is 5.91 Å². The van der Waals surface area contributed by atoms with Gasteiger partial charge >= 0.3 is 0 Å². The summed E-state index contributed by atoms with van der Waals surface area (Å²) in [6.07, 6.45) is 0.251. The van der Waals surface area contributed by atoms with Gasteiger partial charge in [0, 0.05) is 19.5 Å². The molecule has 0 bridgehead atoms. The Morgan fingerprint density at radius 3 is 2.87 bits per heavy atom. The maximum atomic E-state index is 12.9. The van der Waals surface area contributed by atoms with Gasteiger partial charge in [-0.3, -0.25) is 4.79 Å². The summed E-state index contributed by atoms with van der Waals surface area (Å²) in [5.41, 5.74) is 5.65. The summed E-state index contributed by atoms with van der Waals surface area (Å²) in [4.78, 5) is 10.4. The van der Waals surface area contributed by atoms with E-state index >= 15 is 0 Å². The molecule has 0 radical (unpaired) electrons. The second kappa shape index (κ2) is 5.31. The van der Waals surface area contributed by atoms with Crippen LogP contribution in [0.25, 0.3) is 0 Å². The van der Waals surface area contributed by atoms with Crippen molar-refractivity contribution < 1.29 is 14.3 Å². The average molecular weight is 212 g/mol. The third-order valence-electron chi connectivity index (χ3n) is 1.89. The molecule has 1 aromatic carbocycles. The smallest absolute Gasteiger partial charge is 0.218 e. The Hall–Kier alpha value is -1.62. The first-order valence-electron chi connectivity index (χ1n) is 4.56. The summed E-state index contributed by atoms with van der Waals surface area (Å²) in [7, 11) is 0. The lowest BCUT2D eigenvalue weighted by Gasteiger charge is -2.04. The van der Waals surface area contributed by atoms with Crippen molar-refractivity contribution in [3.63, 3.8) is 0 Å². The molecule has 0 atom stereocenters. The molecule has 82 valence electrons. The zero-order chi connectivity index (χ0) is 11.3. The highest BCUT2D eigenvalue weighted by Gasteiger charge is 2.01. The number of rotatable bonds is 5. The summed E-state index contributed by atoms with van der Waals surface area (Å²) in [5, 5.41) is 11.9. The maximum Gasteiger partial charge on any atom is 0.218 e. The third kappa shape index (κ3) is 3.95. The topological polar surface area (TPSA) is 75.4 Å². The zero-order valence-electron chi connectivity index (χ0n) is 8.16. The van der Waals surface area contributed by atoms with Gasteiger partial charge in [-0.1, -0.05) is 6.07 Å². The highest BCUT2D eigenvalue weighted by molar-refractivity contribution is 5.73. The molecule has 0 aliphatic carbocycles. The number of nitrogens with one attached hydrogen (secondary N) is 1. The van der Waals surface area contributed by atoms with E-state index in [1.54, 1.807) is 6.07 Å². The van der Waals surface area contributed by atoms with Crippen LogP contribution in [0.2, 0.25) is 0 Å². The van der Waals surface area contributed by atoms with Crippen LogP contribution in [0, 0.1) is 5.82 Å². The van der Waals surface area contributed by atoms with Crippen molar-refractivity contribution in [1.29, 1.82) is 0 Å². The van der Waals surface area contributed by atoms with Crippen molar-refractivity contribution in [2.45, 2.75) is 13.0 Å². The maximum absolute atomic E-state index is 12.9. The Balaban J connectivity index is 2.38. The standard InChI is InChI=1S/C10H13FN2O2/c11-8-5-7(1-2-9(8)14)6-13-4-3-10(12)15/h1-2,5,13-14H,3-4,6H2,(H2,12,15). The number of aromatic hydroxyl groups is 1. The highest BCUT2D eigenvalue weighted by atomic mass is 19.1. The molecule has 1 aromatic rings. The third-order valence-corrected chi connectivity index (χ3v) is 1.89. The SMILES string of the molecule is NC(=O)CCNCc1ccc(O)c(F)c1. The molecule has 0 spiro atoms. The average Bonchev–Trinajstić information content (AvgIpc) is 2.18. The number of phenols is 1. The number of halogens is 1. The van der Waals surface area contributed by atoms with E-state index in [-0.39, 0.29) is 18.1 Å². The van der Waals surface area contributed by atoms with E-state index in [0.29, 0.717) is 18.7 Å². The molecule has 15 heavy (non-hydrogen) atoms. The van der Waals surface area contributed by atoms with E-state index in [0.717, 1.165) is 0 Å². The van der Waals surface area contributed by atoms with Gasteiger partial charge in [-0.2, -0.15) is 0 Å². The van der Waals surface area contributed by atoms with Gasteiger partial charge in [0.05, 0.1) is 0 Å². The number of primary amides is 1. The summed E-state index contributed by atoms with van der Waals surface area (Å²) in [6.45, 7) is 0.891. The number of carbonyl (C=O) groups is 1. The predicted octanol–water partition coefficient (Wildman–Crippen LogP) is 0.496. The van der Waals surface area contributed by atoms with E-state index in [9.17, 15) is 9.18 Å². The van der Waals surface area contributed by atoms with Crippen LogP contribution in [-0.2, 0) is 11.3 Å². The van der Waals surface area contributed by atoms with Crippen molar-refractivity contribution in [1.82, 2.24) is 5.32 Å². The Morgan fingerprint density at radius 1 is 1.53 bits per heavy atom. The lowest BCUT2D eigenvalue weighted by atomic mass is 10.2. The molecule has 1 rings (SSSR count). The van der Waals surface area contributed by atoms with Crippen LogP contribution >= 0.6 is 0 Å². The molecule has 4 N–H and O–H groups in total. The summed E-state index contributed by atoms with van der Waals surface area (Å²) in [5.74, 6) is -1.39. The van der Waals surface area contributed by atoms with Crippen molar-refractivity contribution in [3.05, 3.63) is 29.6 Å². The number of phenolic OH excluding ortho intramolecular Hbond substituents is 1. The molecule has 0 fully saturated rings. The molecular formula is C10H13FN2O2. The Bertz CT molecular complexity index is 355. The molecular weight excluding hydrogens is 199 g/mol. The quantitative estimate of drug-likeness (QED) is 0.622. The molecule has 0 saturated carbocycles. The van der Waals surface area contributed by atoms with Crippen molar-refractivity contribution in [3.8, 4) is 5.75 Å². The van der Waals surface area contributed by atoms with Gasteiger partial charge < -0.3 is 16.2 Å². The van der Waals surface area contributed by atoms with Crippen molar-refractivity contribution in [2.75, 3.05) is 6.54 Å².